The van der Waals surface area contributed by atoms with Crippen LogP contribution in [-0.2, 0) is 9.53 Å². The smallest absolute Gasteiger partial charge is 0.230 e. The number of aliphatic hydroxyl groups excluding tert-OH is 1. The monoisotopic (exact) mass is 354 g/mol. The molecular formula is C16H23ClN4O3. The van der Waals surface area contributed by atoms with Gasteiger partial charge in [0.25, 0.3) is 0 Å². The quantitative estimate of drug-likeness (QED) is 0.843. The van der Waals surface area contributed by atoms with Gasteiger partial charge in [-0.2, -0.15) is 0 Å². The maximum atomic E-state index is 13.1. The number of aromatic nitrogens is 2. The summed E-state index contributed by atoms with van der Waals surface area (Å²) < 4.78 is 5.62. The Morgan fingerprint density at radius 1 is 1.54 bits per heavy atom. The van der Waals surface area contributed by atoms with E-state index in [9.17, 15) is 4.79 Å². The highest BCUT2D eigenvalue weighted by Crippen LogP contribution is 2.44. The van der Waals surface area contributed by atoms with Crippen LogP contribution in [0, 0.1) is 11.3 Å². The Labute approximate surface area is 146 Å². The molecule has 0 spiro atoms. The molecule has 1 N–H and O–H groups in total. The van der Waals surface area contributed by atoms with E-state index < -0.39 is 5.41 Å². The molecule has 2 unspecified atom stereocenters. The van der Waals surface area contributed by atoms with Crippen molar-refractivity contribution >= 4 is 23.5 Å². The van der Waals surface area contributed by atoms with Gasteiger partial charge in [-0.05, 0) is 12.8 Å². The van der Waals surface area contributed by atoms with Crippen molar-refractivity contribution in [2.24, 2.45) is 11.3 Å². The van der Waals surface area contributed by atoms with Crippen molar-refractivity contribution in [1.29, 1.82) is 0 Å². The molecule has 1 amide bonds. The first-order chi connectivity index (χ1) is 11.6. The Bertz CT molecular complexity index is 585. The van der Waals surface area contributed by atoms with E-state index >= 15 is 0 Å². The molecule has 2 saturated heterocycles. The minimum atomic E-state index is -0.467. The zero-order chi connectivity index (χ0) is 17.2. The third kappa shape index (κ3) is 3.20. The predicted molar refractivity (Wildman–Crippen MR) is 90.0 cm³/mol. The Hall–Kier alpha value is -1.44. The van der Waals surface area contributed by atoms with Crippen LogP contribution >= 0.6 is 11.6 Å². The second kappa shape index (κ2) is 7.21. The molecular weight excluding hydrogens is 332 g/mol. The Morgan fingerprint density at radius 2 is 2.29 bits per heavy atom. The highest BCUT2D eigenvalue weighted by Gasteiger charge is 2.54. The fourth-order valence-electron chi connectivity index (χ4n) is 3.71. The molecule has 0 aliphatic carbocycles. The molecule has 1 aromatic rings. The average Bonchev–Trinajstić information content (AvgIpc) is 3.00. The van der Waals surface area contributed by atoms with Gasteiger partial charge in [0, 0.05) is 45.8 Å². The normalized spacial score (nSPS) is 26.3. The second-order valence-electron chi connectivity index (χ2n) is 6.56. The summed E-state index contributed by atoms with van der Waals surface area (Å²) in [6.45, 7) is 3.09. The van der Waals surface area contributed by atoms with Crippen LogP contribution in [0.25, 0.3) is 0 Å². The van der Waals surface area contributed by atoms with Crippen molar-refractivity contribution in [3.05, 3.63) is 17.4 Å². The lowest BCUT2D eigenvalue weighted by atomic mass is 9.73. The van der Waals surface area contributed by atoms with E-state index in [1.165, 1.54) is 0 Å². The van der Waals surface area contributed by atoms with Gasteiger partial charge in [-0.1, -0.05) is 11.6 Å². The molecule has 2 aliphatic rings. The van der Waals surface area contributed by atoms with E-state index in [1.54, 1.807) is 24.3 Å². The number of nitrogens with zero attached hydrogens (tertiary/aromatic N) is 4. The summed E-state index contributed by atoms with van der Waals surface area (Å²) in [4.78, 5) is 25.5. The molecule has 0 bridgehead atoms. The first kappa shape index (κ1) is 17.4. The Kier molecular flexibility index (Phi) is 5.22. The number of rotatable bonds is 5. The number of carbonyl (C=O) groups is 1. The number of ether oxygens (including phenoxy) is 1. The van der Waals surface area contributed by atoms with Gasteiger partial charge < -0.3 is 19.6 Å². The topological polar surface area (TPSA) is 78.8 Å². The first-order valence-corrected chi connectivity index (χ1v) is 8.61. The van der Waals surface area contributed by atoms with Crippen LogP contribution in [0.1, 0.15) is 12.8 Å². The third-order valence-electron chi connectivity index (χ3n) is 5.02. The van der Waals surface area contributed by atoms with Crippen molar-refractivity contribution in [3.8, 4) is 0 Å². The van der Waals surface area contributed by atoms with Crippen molar-refractivity contribution in [3.63, 3.8) is 0 Å². The maximum absolute atomic E-state index is 13.1. The van der Waals surface area contributed by atoms with E-state index in [-0.39, 0.29) is 18.4 Å². The molecule has 2 fully saturated rings. The number of carbonyl (C=O) groups excluding carboxylic acids is 1. The van der Waals surface area contributed by atoms with E-state index in [0.717, 1.165) is 0 Å². The minimum absolute atomic E-state index is 0.0852. The summed E-state index contributed by atoms with van der Waals surface area (Å²) in [6.07, 6.45) is 4.43. The number of hydrogen-bond donors (Lipinski definition) is 1. The van der Waals surface area contributed by atoms with Gasteiger partial charge in [-0.15, -0.1) is 0 Å². The van der Waals surface area contributed by atoms with E-state index in [4.69, 9.17) is 21.4 Å². The number of halogens is 1. The van der Waals surface area contributed by atoms with Crippen LogP contribution in [0.3, 0.4) is 0 Å². The van der Waals surface area contributed by atoms with E-state index in [1.807, 2.05) is 4.90 Å². The average molecular weight is 355 g/mol. The number of aliphatic hydroxyl groups is 1. The highest BCUT2D eigenvalue weighted by molar-refractivity contribution is 6.30. The third-order valence-corrected chi connectivity index (χ3v) is 5.22. The van der Waals surface area contributed by atoms with Gasteiger partial charge >= 0.3 is 0 Å². The number of hydrogen-bond acceptors (Lipinski definition) is 6. The van der Waals surface area contributed by atoms with Gasteiger partial charge in [-0.3, -0.25) is 4.79 Å². The van der Waals surface area contributed by atoms with Gasteiger partial charge in [-0.25, -0.2) is 9.97 Å². The van der Waals surface area contributed by atoms with Crippen molar-refractivity contribution in [2.75, 3.05) is 51.4 Å². The zero-order valence-electron chi connectivity index (χ0n) is 13.8. The summed E-state index contributed by atoms with van der Waals surface area (Å²) >= 11 is 5.86. The molecule has 24 heavy (non-hydrogen) atoms. The van der Waals surface area contributed by atoms with Crippen molar-refractivity contribution < 1.29 is 14.6 Å². The first-order valence-electron chi connectivity index (χ1n) is 8.23. The molecule has 0 aromatic carbocycles. The minimum Gasteiger partial charge on any atom is -0.396 e. The number of fused-ring (bicyclic) bond motifs is 1. The molecule has 2 aliphatic heterocycles. The standard InChI is InChI=1S/C16H23ClN4O3/c1-20(4-2-5-22)14(23)16-3-6-24-10-12(16)9-21(11-16)15-18-7-13(17)8-19-15/h7-8,12,22H,2-6,9-11H2,1H3. The van der Waals surface area contributed by atoms with E-state index in [2.05, 4.69) is 9.97 Å². The molecule has 7 nitrogen and oxygen atoms in total. The fraction of sp³-hybridized carbons (Fsp3) is 0.688. The Morgan fingerprint density at radius 3 is 3.00 bits per heavy atom. The van der Waals surface area contributed by atoms with Crippen LogP contribution in [-0.4, -0.2) is 72.4 Å². The summed E-state index contributed by atoms with van der Waals surface area (Å²) in [7, 11) is 1.81. The summed E-state index contributed by atoms with van der Waals surface area (Å²) in [6, 6.07) is 0. The van der Waals surface area contributed by atoms with Gasteiger partial charge in [0.1, 0.15) is 0 Å². The lowest BCUT2D eigenvalue weighted by Gasteiger charge is -2.39. The molecule has 3 heterocycles. The molecule has 0 saturated carbocycles. The zero-order valence-corrected chi connectivity index (χ0v) is 14.6. The van der Waals surface area contributed by atoms with Gasteiger partial charge in [0.2, 0.25) is 11.9 Å². The summed E-state index contributed by atoms with van der Waals surface area (Å²) in [5, 5.41) is 9.51. The van der Waals surface area contributed by atoms with Crippen LogP contribution in [0.4, 0.5) is 5.95 Å². The molecule has 3 rings (SSSR count). The maximum Gasteiger partial charge on any atom is 0.230 e. The summed E-state index contributed by atoms with van der Waals surface area (Å²) in [5.41, 5.74) is -0.467. The van der Waals surface area contributed by atoms with Crippen LogP contribution < -0.4 is 4.90 Å². The van der Waals surface area contributed by atoms with Crippen molar-refractivity contribution in [2.45, 2.75) is 12.8 Å². The van der Waals surface area contributed by atoms with Gasteiger partial charge in [0.15, 0.2) is 0 Å². The van der Waals surface area contributed by atoms with Crippen LogP contribution in [0.5, 0.6) is 0 Å². The number of amides is 1. The summed E-state index contributed by atoms with van der Waals surface area (Å²) in [5.74, 6) is 0.842. The lowest BCUT2D eigenvalue weighted by molar-refractivity contribution is -0.149. The molecule has 1 aromatic heterocycles. The molecule has 132 valence electrons. The molecule has 2 atom stereocenters. The second-order valence-corrected chi connectivity index (χ2v) is 7.00. The van der Waals surface area contributed by atoms with Crippen molar-refractivity contribution in [1.82, 2.24) is 14.9 Å². The van der Waals surface area contributed by atoms with Crippen LogP contribution in [0.2, 0.25) is 5.02 Å². The van der Waals surface area contributed by atoms with E-state index in [0.29, 0.717) is 56.7 Å². The van der Waals surface area contributed by atoms with Crippen LogP contribution in [0.15, 0.2) is 12.4 Å². The SMILES string of the molecule is CN(CCCO)C(=O)C12CCOCC1CN(c1ncc(Cl)cn1)C2. The molecule has 8 heteroatoms. The lowest BCUT2D eigenvalue weighted by Crippen LogP contribution is -2.51. The Balaban J connectivity index is 1.81. The number of anilines is 1. The van der Waals surface area contributed by atoms with Gasteiger partial charge in [0.05, 0.1) is 29.4 Å². The fourth-order valence-corrected chi connectivity index (χ4v) is 3.81. The highest BCUT2D eigenvalue weighted by atomic mass is 35.5. The largest absolute Gasteiger partial charge is 0.396 e. The molecule has 0 radical (unpaired) electrons. The predicted octanol–water partition coefficient (Wildman–Crippen LogP) is 0.814.